The van der Waals surface area contributed by atoms with Crippen molar-refractivity contribution in [3.8, 4) is 11.4 Å². The van der Waals surface area contributed by atoms with Gasteiger partial charge in [0.25, 0.3) is 5.56 Å². The molecule has 0 spiro atoms. The van der Waals surface area contributed by atoms with Gasteiger partial charge in [-0.05, 0) is 18.4 Å². The number of aromatic amines is 2. The van der Waals surface area contributed by atoms with Crippen LogP contribution in [0.3, 0.4) is 0 Å². The van der Waals surface area contributed by atoms with Crippen LogP contribution in [0.1, 0.15) is 4.88 Å². The van der Waals surface area contributed by atoms with Crippen molar-refractivity contribution >= 4 is 35.8 Å². The molecule has 0 radical (unpaired) electrons. The molecule has 0 fully saturated rings. The van der Waals surface area contributed by atoms with Crippen molar-refractivity contribution in [1.29, 1.82) is 0 Å². The van der Waals surface area contributed by atoms with Crippen LogP contribution in [0.4, 0.5) is 0 Å². The Bertz CT molecular complexity index is 859. The molecule has 0 saturated carbocycles. The van der Waals surface area contributed by atoms with E-state index in [0.717, 1.165) is 10.4 Å². The number of hydrogen-bond acceptors (Lipinski definition) is 4. The molecule has 4 nitrogen and oxygen atoms in total. The van der Waals surface area contributed by atoms with E-state index in [4.69, 9.17) is 0 Å². The van der Waals surface area contributed by atoms with Gasteiger partial charge in [-0.2, -0.15) is 0 Å². The molecule has 3 heterocycles. The molecule has 0 saturated heterocycles. The fourth-order valence-corrected chi connectivity index (χ4v) is 3.40. The lowest BCUT2D eigenvalue weighted by Gasteiger charge is -1.94. The highest BCUT2D eigenvalue weighted by Gasteiger charge is 2.10. The van der Waals surface area contributed by atoms with Crippen LogP contribution in [0.15, 0.2) is 27.3 Å². The van der Waals surface area contributed by atoms with E-state index < -0.39 is 0 Å². The summed E-state index contributed by atoms with van der Waals surface area (Å²) in [5.74, 6) is 0.571. The van der Waals surface area contributed by atoms with Crippen LogP contribution >= 0.6 is 23.1 Å². The van der Waals surface area contributed by atoms with Gasteiger partial charge in [0.15, 0.2) is 0 Å². The molecule has 0 atom stereocenters. The zero-order valence-electron chi connectivity index (χ0n) is 10.2. The molecule has 2 N–H and O–H groups in total. The summed E-state index contributed by atoms with van der Waals surface area (Å²) >= 11 is 3.31. The Morgan fingerprint density at radius 2 is 2.37 bits per heavy atom. The number of hydrogen-bond donors (Lipinski definition) is 2. The summed E-state index contributed by atoms with van der Waals surface area (Å²) in [6, 6.07) is 2.07. The van der Waals surface area contributed by atoms with Gasteiger partial charge in [0.2, 0.25) is 0 Å². The molecule has 1 aromatic rings. The van der Waals surface area contributed by atoms with E-state index in [1.165, 1.54) is 4.90 Å². The minimum absolute atomic E-state index is 0.124. The molecule has 19 heavy (non-hydrogen) atoms. The number of fused-ring (bicyclic) bond motifs is 1. The van der Waals surface area contributed by atoms with E-state index in [9.17, 15) is 4.79 Å². The first-order chi connectivity index (χ1) is 9.17. The lowest BCUT2D eigenvalue weighted by molar-refractivity contribution is 1.07. The minimum Gasteiger partial charge on any atom is -0.346 e. The highest BCUT2D eigenvalue weighted by atomic mass is 32.2. The maximum atomic E-state index is 12.0. The summed E-state index contributed by atoms with van der Waals surface area (Å²) < 4.78 is 0. The Labute approximate surface area is 117 Å². The lowest BCUT2D eigenvalue weighted by Crippen LogP contribution is -2.21. The number of thioether (sulfide) groups is 1. The number of rotatable bonds is 2. The van der Waals surface area contributed by atoms with Crippen molar-refractivity contribution in [3.63, 3.8) is 0 Å². The summed E-state index contributed by atoms with van der Waals surface area (Å²) in [5.41, 5.74) is 1.19. The highest BCUT2D eigenvalue weighted by Crippen LogP contribution is 2.23. The second kappa shape index (κ2) is 4.71. The van der Waals surface area contributed by atoms with E-state index in [1.807, 2.05) is 12.3 Å². The van der Waals surface area contributed by atoms with Crippen molar-refractivity contribution in [2.75, 3.05) is 6.26 Å². The molecule has 0 aromatic carbocycles. The van der Waals surface area contributed by atoms with Crippen molar-refractivity contribution in [1.82, 2.24) is 15.0 Å². The van der Waals surface area contributed by atoms with Gasteiger partial charge in [-0.3, -0.25) is 4.79 Å². The molecule has 1 aromatic heterocycles. The van der Waals surface area contributed by atoms with Gasteiger partial charge in [-0.15, -0.1) is 23.1 Å². The Balaban J connectivity index is 2.23. The Kier molecular flexibility index (Phi) is 3.04. The summed E-state index contributed by atoms with van der Waals surface area (Å²) in [6.45, 7) is 3.71. The Hall–Kier alpha value is -1.79. The first-order valence-electron chi connectivity index (χ1n) is 5.58. The number of nitrogens with zero attached hydrogens (tertiary/aromatic N) is 1. The maximum Gasteiger partial charge on any atom is 0.257 e. The molecule has 2 aliphatic heterocycles. The average molecular weight is 289 g/mol. The van der Waals surface area contributed by atoms with Crippen LogP contribution in [0.2, 0.25) is 0 Å². The van der Waals surface area contributed by atoms with Gasteiger partial charge in [0.05, 0.1) is 5.22 Å². The standard InChI is InChI=1S/C13H11N3OS2/c1-7-14-5-11-10(13(17)16-12(11)15-7)4-8-3-9(18-2)6-19-8/h3-6,14H,1H2,2H3,(H,15,16,17). The molecule has 0 amide bonds. The number of aromatic nitrogens is 3. The van der Waals surface area contributed by atoms with E-state index >= 15 is 0 Å². The first kappa shape index (κ1) is 12.3. The fraction of sp³-hybridized carbons (Fsp3) is 0.0769. The predicted octanol–water partition coefficient (Wildman–Crippen LogP) is 1.23. The van der Waals surface area contributed by atoms with Crippen LogP contribution < -0.4 is 16.3 Å². The van der Waals surface area contributed by atoms with E-state index in [-0.39, 0.29) is 5.56 Å². The van der Waals surface area contributed by atoms with Gasteiger partial charge in [0.1, 0.15) is 11.3 Å². The van der Waals surface area contributed by atoms with Crippen molar-refractivity contribution in [3.05, 3.63) is 43.6 Å². The molecular formula is C13H11N3OS2. The SMILES string of the molecule is C=c1nc2[nH]c(=O)c(=Cc3cc(SC)cs3)c-2c[nH]1. The molecule has 0 aliphatic carbocycles. The normalized spacial score (nSPS) is 12.4. The van der Waals surface area contributed by atoms with E-state index in [2.05, 4.69) is 33.0 Å². The molecule has 2 aliphatic rings. The highest BCUT2D eigenvalue weighted by molar-refractivity contribution is 7.98. The van der Waals surface area contributed by atoms with Crippen molar-refractivity contribution in [2.45, 2.75) is 4.90 Å². The number of nitrogens with one attached hydrogen (secondary N) is 2. The fourth-order valence-electron chi connectivity index (χ4n) is 1.85. The van der Waals surface area contributed by atoms with Crippen LogP contribution in [0, 0.1) is 0 Å². The Morgan fingerprint density at radius 1 is 1.53 bits per heavy atom. The van der Waals surface area contributed by atoms with Crippen LogP contribution in [0.5, 0.6) is 0 Å². The third-order valence-corrected chi connectivity index (χ3v) is 4.51. The maximum absolute atomic E-state index is 12.0. The van der Waals surface area contributed by atoms with Crippen LogP contribution in [0.25, 0.3) is 24.0 Å². The zero-order valence-corrected chi connectivity index (χ0v) is 11.8. The van der Waals surface area contributed by atoms with Gasteiger partial charge < -0.3 is 9.97 Å². The second-order valence-corrected chi connectivity index (χ2v) is 5.83. The topological polar surface area (TPSA) is 61.5 Å². The molecule has 0 bridgehead atoms. The second-order valence-electron chi connectivity index (χ2n) is 4.01. The van der Waals surface area contributed by atoms with Crippen molar-refractivity contribution in [2.24, 2.45) is 0 Å². The smallest absolute Gasteiger partial charge is 0.257 e. The molecular weight excluding hydrogens is 278 g/mol. The summed E-state index contributed by atoms with van der Waals surface area (Å²) in [4.78, 5) is 24.1. The summed E-state index contributed by atoms with van der Waals surface area (Å²) in [7, 11) is 0. The molecule has 0 unspecified atom stereocenters. The summed E-state index contributed by atoms with van der Waals surface area (Å²) in [5, 5.41) is 2.71. The van der Waals surface area contributed by atoms with Gasteiger partial charge >= 0.3 is 0 Å². The lowest BCUT2D eigenvalue weighted by atomic mass is 10.2. The predicted molar refractivity (Wildman–Crippen MR) is 80.3 cm³/mol. The quantitative estimate of drug-likeness (QED) is 0.698. The van der Waals surface area contributed by atoms with Crippen molar-refractivity contribution < 1.29 is 0 Å². The third kappa shape index (κ3) is 2.24. The zero-order chi connectivity index (χ0) is 13.4. The monoisotopic (exact) mass is 289 g/mol. The minimum atomic E-state index is -0.124. The molecule has 6 heteroatoms. The molecule has 96 valence electrons. The Morgan fingerprint density at radius 3 is 3.11 bits per heavy atom. The number of thiophene rings is 1. The average Bonchev–Trinajstić information content (AvgIpc) is 2.95. The largest absolute Gasteiger partial charge is 0.346 e. The van der Waals surface area contributed by atoms with E-state index in [1.54, 1.807) is 29.3 Å². The van der Waals surface area contributed by atoms with Crippen LogP contribution in [-0.2, 0) is 0 Å². The van der Waals surface area contributed by atoms with Gasteiger partial charge in [0, 0.05) is 26.9 Å². The molecule has 3 rings (SSSR count). The van der Waals surface area contributed by atoms with E-state index in [0.29, 0.717) is 16.5 Å². The third-order valence-electron chi connectivity index (χ3n) is 2.77. The summed E-state index contributed by atoms with van der Waals surface area (Å²) in [6.07, 6.45) is 5.69. The van der Waals surface area contributed by atoms with Crippen LogP contribution in [-0.4, -0.2) is 21.2 Å². The van der Waals surface area contributed by atoms with Gasteiger partial charge in [-0.25, -0.2) is 4.98 Å². The first-order valence-corrected chi connectivity index (χ1v) is 7.68. The number of H-pyrrole nitrogens is 2. The van der Waals surface area contributed by atoms with Gasteiger partial charge in [-0.1, -0.05) is 6.58 Å².